The lowest BCUT2D eigenvalue weighted by molar-refractivity contribution is -0.139. The smallest absolute Gasteiger partial charge is 0.407 e. The molecule has 1 atom stereocenters. The van der Waals surface area contributed by atoms with Crippen molar-refractivity contribution in [2.75, 3.05) is 6.61 Å². The molecule has 0 spiro atoms. The zero-order valence-corrected chi connectivity index (χ0v) is 13.3. The number of nitrogens with zero attached hydrogens (tertiary/aromatic N) is 1. The van der Waals surface area contributed by atoms with Crippen LogP contribution in [-0.2, 0) is 9.53 Å². The minimum atomic E-state index is -1.28. The Morgan fingerprint density at radius 2 is 1.68 bits per heavy atom. The van der Waals surface area contributed by atoms with Crippen molar-refractivity contribution >= 4 is 12.1 Å². The number of alkyl carbamates (subject to hydrolysis) is 1. The second-order valence-electron chi connectivity index (χ2n) is 5.72. The Bertz CT molecular complexity index is 811. The topological polar surface area (TPSA) is 99.4 Å². The molecule has 126 valence electrons. The first-order valence-electron chi connectivity index (χ1n) is 7.83. The highest BCUT2D eigenvalue weighted by molar-refractivity contribution is 5.81. The van der Waals surface area contributed by atoms with Crippen molar-refractivity contribution in [3.05, 3.63) is 59.7 Å². The summed E-state index contributed by atoms with van der Waals surface area (Å²) in [6, 6.07) is 16.3. The molecule has 6 heteroatoms. The van der Waals surface area contributed by atoms with E-state index in [-0.39, 0.29) is 18.9 Å². The van der Waals surface area contributed by atoms with Gasteiger partial charge >= 0.3 is 12.1 Å². The van der Waals surface area contributed by atoms with Crippen molar-refractivity contribution in [1.82, 2.24) is 5.32 Å². The van der Waals surface area contributed by atoms with Gasteiger partial charge in [-0.3, -0.25) is 0 Å². The summed E-state index contributed by atoms with van der Waals surface area (Å²) in [6.45, 7) is 0.0960. The second kappa shape index (κ2) is 7.05. The van der Waals surface area contributed by atoms with Gasteiger partial charge in [-0.15, -0.1) is 0 Å². The van der Waals surface area contributed by atoms with Crippen LogP contribution < -0.4 is 5.32 Å². The van der Waals surface area contributed by atoms with E-state index in [9.17, 15) is 9.59 Å². The molecule has 1 aliphatic carbocycles. The quantitative estimate of drug-likeness (QED) is 0.874. The summed E-state index contributed by atoms with van der Waals surface area (Å²) in [5.74, 6) is -1.37. The molecule has 0 heterocycles. The molecule has 1 amide bonds. The van der Waals surface area contributed by atoms with Crippen molar-refractivity contribution in [1.29, 1.82) is 5.26 Å². The van der Waals surface area contributed by atoms with E-state index in [0.29, 0.717) is 0 Å². The summed E-state index contributed by atoms with van der Waals surface area (Å²) in [7, 11) is 0. The van der Waals surface area contributed by atoms with Crippen molar-refractivity contribution < 1.29 is 19.4 Å². The number of benzene rings is 2. The molecule has 2 N–H and O–H groups in total. The lowest BCUT2D eigenvalue weighted by atomic mass is 9.98. The van der Waals surface area contributed by atoms with Gasteiger partial charge in [0.2, 0.25) is 0 Å². The van der Waals surface area contributed by atoms with Gasteiger partial charge in [-0.1, -0.05) is 48.5 Å². The fraction of sp³-hybridized carbons (Fsp3) is 0.211. The van der Waals surface area contributed by atoms with Gasteiger partial charge in [0, 0.05) is 5.92 Å². The Kier molecular flexibility index (Phi) is 4.66. The van der Waals surface area contributed by atoms with Crippen molar-refractivity contribution in [2.24, 2.45) is 0 Å². The summed E-state index contributed by atoms with van der Waals surface area (Å²) >= 11 is 0. The van der Waals surface area contributed by atoms with Crippen LogP contribution in [0.1, 0.15) is 23.5 Å². The first kappa shape index (κ1) is 16.5. The van der Waals surface area contributed by atoms with Crippen molar-refractivity contribution in [3.63, 3.8) is 0 Å². The molecule has 6 nitrogen and oxygen atoms in total. The van der Waals surface area contributed by atoms with E-state index in [0.717, 1.165) is 22.3 Å². The van der Waals surface area contributed by atoms with E-state index >= 15 is 0 Å². The fourth-order valence-corrected chi connectivity index (χ4v) is 3.07. The predicted molar refractivity (Wildman–Crippen MR) is 89.9 cm³/mol. The minimum absolute atomic E-state index is 0.0960. The van der Waals surface area contributed by atoms with Crippen LogP contribution in [0.2, 0.25) is 0 Å². The molecule has 1 aliphatic rings. The number of ether oxygens (including phenoxy) is 1. The number of hydrogen-bond acceptors (Lipinski definition) is 4. The Morgan fingerprint density at radius 3 is 2.20 bits per heavy atom. The summed E-state index contributed by atoms with van der Waals surface area (Å²) in [6.07, 6.45) is -1.16. The van der Waals surface area contributed by atoms with Crippen LogP contribution >= 0.6 is 0 Å². The number of fused-ring (bicyclic) bond motifs is 3. The standard InChI is InChI=1S/C19H16N2O4/c20-10-9-17(18(22)23)21-19(24)25-11-16-14-7-3-1-5-12(14)13-6-2-4-8-15(13)16/h1-8,16-17H,9,11H2,(H,21,24)(H,22,23)/t17-/m0/s1. The molecule has 0 radical (unpaired) electrons. The third-order valence-electron chi connectivity index (χ3n) is 4.23. The van der Waals surface area contributed by atoms with Gasteiger partial charge < -0.3 is 15.2 Å². The highest BCUT2D eigenvalue weighted by atomic mass is 16.5. The van der Waals surface area contributed by atoms with Gasteiger partial charge in [0.15, 0.2) is 0 Å². The Labute approximate surface area is 144 Å². The first-order valence-corrected chi connectivity index (χ1v) is 7.83. The number of nitriles is 1. The zero-order chi connectivity index (χ0) is 17.8. The molecule has 0 aliphatic heterocycles. The van der Waals surface area contributed by atoms with Crippen LogP contribution in [-0.4, -0.2) is 29.8 Å². The maximum absolute atomic E-state index is 11.9. The number of nitrogens with one attached hydrogen (secondary N) is 1. The number of rotatable bonds is 5. The maximum atomic E-state index is 11.9. The van der Waals surface area contributed by atoms with Gasteiger partial charge in [-0.2, -0.15) is 5.26 Å². The van der Waals surface area contributed by atoms with Crippen molar-refractivity contribution in [2.45, 2.75) is 18.4 Å². The average molecular weight is 336 g/mol. The summed E-state index contributed by atoms with van der Waals surface area (Å²) in [5.41, 5.74) is 4.37. The van der Waals surface area contributed by atoms with Gasteiger partial charge in [0.1, 0.15) is 12.6 Å². The Morgan fingerprint density at radius 1 is 1.12 bits per heavy atom. The lowest BCUT2D eigenvalue weighted by Gasteiger charge is -2.16. The molecule has 0 fully saturated rings. The molecular weight excluding hydrogens is 320 g/mol. The zero-order valence-electron chi connectivity index (χ0n) is 13.3. The number of carboxylic acid groups (broad SMARTS) is 1. The number of carbonyl (C=O) groups excluding carboxylic acids is 1. The molecule has 0 unspecified atom stereocenters. The molecule has 0 saturated heterocycles. The molecule has 0 aromatic heterocycles. The van der Waals surface area contributed by atoms with Gasteiger partial charge in [-0.05, 0) is 22.3 Å². The lowest BCUT2D eigenvalue weighted by Crippen LogP contribution is -2.41. The summed E-state index contributed by atoms with van der Waals surface area (Å²) in [5, 5.41) is 19.8. The van der Waals surface area contributed by atoms with Crippen LogP contribution in [0, 0.1) is 11.3 Å². The van der Waals surface area contributed by atoms with Gasteiger partial charge in [0.25, 0.3) is 0 Å². The van der Waals surface area contributed by atoms with Crippen LogP contribution in [0.4, 0.5) is 4.79 Å². The highest BCUT2D eigenvalue weighted by Gasteiger charge is 2.29. The monoisotopic (exact) mass is 336 g/mol. The SMILES string of the molecule is N#CC[C@H](NC(=O)OCC1c2ccccc2-c2ccccc21)C(=O)O. The van der Waals surface area contributed by atoms with Gasteiger partial charge in [-0.25, -0.2) is 9.59 Å². The van der Waals surface area contributed by atoms with Crippen LogP contribution in [0.5, 0.6) is 0 Å². The van der Waals surface area contributed by atoms with Crippen LogP contribution in [0.25, 0.3) is 11.1 Å². The largest absolute Gasteiger partial charge is 0.480 e. The Balaban J connectivity index is 1.72. The van der Waals surface area contributed by atoms with E-state index in [1.165, 1.54) is 0 Å². The van der Waals surface area contributed by atoms with Crippen LogP contribution in [0.15, 0.2) is 48.5 Å². The van der Waals surface area contributed by atoms with E-state index in [2.05, 4.69) is 5.32 Å². The molecule has 2 aromatic rings. The number of aliphatic carboxylic acids is 1. The molecule has 2 aromatic carbocycles. The average Bonchev–Trinajstić information content (AvgIpc) is 2.93. The molecule has 3 rings (SSSR count). The predicted octanol–water partition coefficient (Wildman–Crippen LogP) is 2.89. The highest BCUT2D eigenvalue weighted by Crippen LogP contribution is 2.44. The Hall–Kier alpha value is -3.33. The second-order valence-corrected chi connectivity index (χ2v) is 5.72. The minimum Gasteiger partial charge on any atom is -0.480 e. The van der Waals surface area contributed by atoms with Gasteiger partial charge in [0.05, 0.1) is 12.5 Å². The third-order valence-corrected chi connectivity index (χ3v) is 4.23. The number of amides is 1. The summed E-state index contributed by atoms with van der Waals surface area (Å²) in [4.78, 5) is 22.9. The van der Waals surface area contributed by atoms with E-state index in [1.807, 2.05) is 48.5 Å². The van der Waals surface area contributed by atoms with E-state index in [4.69, 9.17) is 15.1 Å². The van der Waals surface area contributed by atoms with E-state index in [1.54, 1.807) is 6.07 Å². The normalized spacial score (nSPS) is 13.2. The third kappa shape index (κ3) is 3.31. The number of carboxylic acids is 1. The molecule has 0 bridgehead atoms. The molecular formula is C19H16N2O4. The maximum Gasteiger partial charge on any atom is 0.407 e. The van der Waals surface area contributed by atoms with E-state index < -0.39 is 18.1 Å². The number of carbonyl (C=O) groups is 2. The fourth-order valence-electron chi connectivity index (χ4n) is 3.07. The number of hydrogen-bond donors (Lipinski definition) is 2. The first-order chi connectivity index (χ1) is 12.1. The van der Waals surface area contributed by atoms with Crippen molar-refractivity contribution in [3.8, 4) is 17.2 Å². The molecule has 0 saturated carbocycles. The molecule has 25 heavy (non-hydrogen) atoms. The van der Waals surface area contributed by atoms with Crippen LogP contribution in [0.3, 0.4) is 0 Å². The summed E-state index contributed by atoms with van der Waals surface area (Å²) < 4.78 is 5.24.